The Morgan fingerprint density at radius 2 is 1.47 bits per heavy atom. The van der Waals surface area contributed by atoms with Crippen molar-refractivity contribution in [3.8, 4) is 11.5 Å². The van der Waals surface area contributed by atoms with E-state index in [9.17, 15) is 18.8 Å². The molecule has 3 aromatic carbocycles. The first kappa shape index (κ1) is 23.5. The van der Waals surface area contributed by atoms with Crippen LogP contribution in [0.1, 0.15) is 41.3 Å². The lowest BCUT2D eigenvalue weighted by atomic mass is 9.88. The third-order valence-electron chi connectivity index (χ3n) is 6.72. The monoisotopic (exact) mass is 481 g/mol. The van der Waals surface area contributed by atoms with Crippen molar-refractivity contribution >= 4 is 28.3 Å². The molecule has 0 radical (unpaired) electrons. The number of rotatable bonds is 9. The maximum absolute atomic E-state index is 13.1. The van der Waals surface area contributed by atoms with Crippen LogP contribution in [0.25, 0.3) is 10.9 Å². The van der Waals surface area contributed by atoms with Gasteiger partial charge in [-0.25, -0.2) is 4.39 Å². The largest absolute Gasteiger partial charge is 0.457 e. The number of halogens is 1. The quantitative estimate of drug-likeness (QED) is 0.214. The van der Waals surface area contributed by atoms with E-state index in [1.54, 1.807) is 48.7 Å². The molecule has 0 spiro atoms. The molecule has 5 nitrogen and oxygen atoms in total. The number of Topliss-reactive ketones (excluding diaryl/α,β-unsaturated/α-hetero) is 3. The number of hydrogen-bond donors (Lipinski definition) is 0. The van der Waals surface area contributed by atoms with Crippen LogP contribution in [0, 0.1) is 11.2 Å². The molecule has 1 saturated carbocycles. The van der Waals surface area contributed by atoms with Crippen molar-refractivity contribution in [3.05, 3.63) is 102 Å². The standard InChI is InChI=1S/C30H24FNO4/c1-19(33)22-6-11-25-26(18-22)32-15-12-27(25)36-24-9-4-21(5-10-24)17-29(35)30(13-14-30)28(34)16-20-2-7-23(31)8-3-20/h2-12,15,18H,13-14,16-17H2,1H3. The van der Waals surface area contributed by atoms with Gasteiger partial charge in [-0.3, -0.25) is 19.4 Å². The summed E-state index contributed by atoms with van der Waals surface area (Å²) < 4.78 is 19.2. The molecule has 0 N–H and O–H groups in total. The van der Waals surface area contributed by atoms with Gasteiger partial charge in [-0.2, -0.15) is 0 Å². The second-order valence-electron chi connectivity index (χ2n) is 9.25. The summed E-state index contributed by atoms with van der Waals surface area (Å²) in [4.78, 5) is 41.9. The minimum atomic E-state index is -0.918. The highest BCUT2D eigenvalue weighted by Gasteiger charge is 2.54. The molecule has 0 saturated heterocycles. The van der Waals surface area contributed by atoms with E-state index < -0.39 is 5.41 Å². The van der Waals surface area contributed by atoms with Crippen molar-refractivity contribution in [3.63, 3.8) is 0 Å². The number of hydrogen-bond acceptors (Lipinski definition) is 5. The van der Waals surface area contributed by atoms with Gasteiger partial charge in [-0.15, -0.1) is 0 Å². The number of carbonyl (C=O) groups is 3. The Morgan fingerprint density at radius 1 is 0.861 bits per heavy atom. The maximum Gasteiger partial charge on any atom is 0.159 e. The van der Waals surface area contributed by atoms with Crippen molar-refractivity contribution in [1.29, 1.82) is 0 Å². The Kier molecular flexibility index (Phi) is 6.18. The van der Waals surface area contributed by atoms with Crippen LogP contribution in [0.5, 0.6) is 11.5 Å². The zero-order valence-electron chi connectivity index (χ0n) is 19.8. The van der Waals surface area contributed by atoms with Gasteiger partial charge >= 0.3 is 0 Å². The molecule has 5 rings (SSSR count). The lowest BCUT2D eigenvalue weighted by molar-refractivity contribution is -0.133. The molecule has 0 atom stereocenters. The SMILES string of the molecule is CC(=O)c1ccc2c(Oc3ccc(CC(=O)C4(C(=O)Cc5ccc(F)cc5)CC4)cc3)ccnc2c1. The van der Waals surface area contributed by atoms with E-state index in [4.69, 9.17) is 4.74 Å². The number of nitrogens with zero attached hydrogens (tertiary/aromatic N) is 1. The van der Waals surface area contributed by atoms with E-state index in [1.165, 1.54) is 19.1 Å². The second-order valence-corrected chi connectivity index (χ2v) is 9.25. The Balaban J connectivity index is 1.25. The van der Waals surface area contributed by atoms with Gasteiger partial charge in [0.05, 0.1) is 10.9 Å². The van der Waals surface area contributed by atoms with E-state index >= 15 is 0 Å². The average Bonchev–Trinajstić information content (AvgIpc) is 3.69. The summed E-state index contributed by atoms with van der Waals surface area (Å²) in [5.41, 5.74) is 1.85. The number of pyridine rings is 1. The fraction of sp³-hybridized carbons (Fsp3) is 0.200. The van der Waals surface area contributed by atoms with E-state index in [2.05, 4.69) is 4.98 Å². The normalized spacial score (nSPS) is 13.8. The number of carbonyl (C=O) groups excluding carboxylic acids is 3. The van der Waals surface area contributed by atoms with E-state index in [0.29, 0.717) is 41.0 Å². The molecule has 6 heteroatoms. The van der Waals surface area contributed by atoms with E-state index in [1.807, 2.05) is 18.2 Å². The number of aromatic nitrogens is 1. The molecule has 4 aromatic rings. The molecule has 0 amide bonds. The van der Waals surface area contributed by atoms with E-state index in [0.717, 1.165) is 10.9 Å². The first-order valence-corrected chi connectivity index (χ1v) is 11.8. The zero-order chi connectivity index (χ0) is 25.3. The Bertz CT molecular complexity index is 1470. The van der Waals surface area contributed by atoms with Crippen LogP contribution < -0.4 is 4.74 Å². The number of benzene rings is 3. The number of ether oxygens (including phenoxy) is 1. The lowest BCUT2D eigenvalue weighted by Gasteiger charge is -2.14. The van der Waals surface area contributed by atoms with Crippen LogP contribution in [-0.4, -0.2) is 22.3 Å². The molecular weight excluding hydrogens is 457 g/mol. The summed E-state index contributed by atoms with van der Waals surface area (Å²) in [6.45, 7) is 1.51. The molecule has 180 valence electrons. The molecule has 1 heterocycles. The van der Waals surface area contributed by atoms with Crippen molar-refractivity contribution in [2.24, 2.45) is 5.41 Å². The highest BCUT2D eigenvalue weighted by atomic mass is 19.1. The van der Waals surface area contributed by atoms with Crippen LogP contribution in [0.3, 0.4) is 0 Å². The van der Waals surface area contributed by atoms with Crippen LogP contribution >= 0.6 is 0 Å². The minimum Gasteiger partial charge on any atom is -0.457 e. The van der Waals surface area contributed by atoms with E-state index in [-0.39, 0.29) is 36.0 Å². The zero-order valence-corrected chi connectivity index (χ0v) is 19.8. The number of ketones is 3. The summed E-state index contributed by atoms with van der Waals surface area (Å²) in [6.07, 6.45) is 3.06. The van der Waals surface area contributed by atoms with Crippen molar-refractivity contribution < 1.29 is 23.5 Å². The highest BCUT2D eigenvalue weighted by Crippen LogP contribution is 2.48. The second kappa shape index (κ2) is 9.46. The Morgan fingerprint density at radius 3 is 2.06 bits per heavy atom. The predicted octanol–water partition coefficient (Wildman–Crippen LogP) is 6.07. The molecule has 1 fully saturated rings. The first-order valence-electron chi connectivity index (χ1n) is 11.8. The van der Waals surface area contributed by atoms with Crippen LogP contribution in [-0.2, 0) is 22.4 Å². The average molecular weight is 482 g/mol. The van der Waals surface area contributed by atoms with Gasteiger partial charge in [0.25, 0.3) is 0 Å². The summed E-state index contributed by atoms with van der Waals surface area (Å²) >= 11 is 0. The molecular formula is C30H24FNO4. The molecule has 0 unspecified atom stereocenters. The Labute approximate surface area is 207 Å². The fourth-order valence-corrected chi connectivity index (χ4v) is 4.38. The summed E-state index contributed by atoms with van der Waals surface area (Å²) in [5.74, 6) is 0.654. The third kappa shape index (κ3) is 4.80. The van der Waals surface area contributed by atoms with Gasteiger partial charge in [0, 0.05) is 30.0 Å². The smallest absolute Gasteiger partial charge is 0.159 e. The topological polar surface area (TPSA) is 73.3 Å². The van der Waals surface area contributed by atoms with Crippen LogP contribution in [0.4, 0.5) is 4.39 Å². The van der Waals surface area contributed by atoms with Crippen molar-refractivity contribution in [2.45, 2.75) is 32.6 Å². The van der Waals surface area contributed by atoms with Gasteiger partial charge < -0.3 is 4.74 Å². The molecule has 1 aromatic heterocycles. The summed E-state index contributed by atoms with van der Waals surface area (Å²) in [5, 5.41) is 0.789. The maximum atomic E-state index is 13.1. The first-order chi connectivity index (χ1) is 17.3. The van der Waals surface area contributed by atoms with Gasteiger partial charge in [-0.1, -0.05) is 30.3 Å². The van der Waals surface area contributed by atoms with Gasteiger partial charge in [0.2, 0.25) is 0 Å². The highest BCUT2D eigenvalue weighted by molar-refractivity contribution is 6.11. The summed E-state index contributed by atoms with van der Waals surface area (Å²) in [6, 6.07) is 20.1. The predicted molar refractivity (Wildman–Crippen MR) is 134 cm³/mol. The Hall–Kier alpha value is -4.19. The lowest BCUT2D eigenvalue weighted by Crippen LogP contribution is -2.28. The molecule has 0 bridgehead atoms. The number of fused-ring (bicyclic) bond motifs is 1. The van der Waals surface area contributed by atoms with Crippen LogP contribution in [0.2, 0.25) is 0 Å². The van der Waals surface area contributed by atoms with Crippen molar-refractivity contribution in [1.82, 2.24) is 4.98 Å². The van der Waals surface area contributed by atoms with Gasteiger partial charge in [-0.05, 0) is 73.4 Å². The minimum absolute atomic E-state index is 0.0275. The van der Waals surface area contributed by atoms with Gasteiger partial charge in [0.15, 0.2) is 17.3 Å². The fourth-order valence-electron chi connectivity index (χ4n) is 4.38. The molecule has 1 aliphatic rings. The van der Waals surface area contributed by atoms with Crippen LogP contribution in [0.15, 0.2) is 79.0 Å². The van der Waals surface area contributed by atoms with Gasteiger partial charge in [0.1, 0.15) is 17.3 Å². The molecule has 1 aliphatic carbocycles. The summed E-state index contributed by atoms with van der Waals surface area (Å²) in [7, 11) is 0. The third-order valence-corrected chi connectivity index (χ3v) is 6.72. The molecule has 0 aliphatic heterocycles. The molecule has 36 heavy (non-hydrogen) atoms. The van der Waals surface area contributed by atoms with Crippen molar-refractivity contribution in [2.75, 3.05) is 0 Å².